The van der Waals surface area contributed by atoms with Gasteiger partial charge in [0.1, 0.15) is 0 Å². The Morgan fingerprint density at radius 1 is 1.00 bits per heavy atom. The molecule has 1 N–H and O–H groups in total. The van der Waals surface area contributed by atoms with Crippen molar-refractivity contribution < 1.29 is 0 Å². The van der Waals surface area contributed by atoms with E-state index in [1.807, 2.05) is 12.4 Å². The monoisotopic (exact) mass is 276 g/mol. The molecule has 1 rings (SSSR count). The van der Waals surface area contributed by atoms with Gasteiger partial charge < -0.3 is 5.32 Å². The van der Waals surface area contributed by atoms with Crippen molar-refractivity contribution in [1.29, 1.82) is 0 Å². The molecule has 1 aromatic rings. The number of unbranched alkanes of at least 4 members (excludes halogenated alkanes) is 4. The highest BCUT2D eigenvalue weighted by molar-refractivity contribution is 5.17. The topological polar surface area (TPSA) is 24.9 Å². The van der Waals surface area contributed by atoms with Gasteiger partial charge >= 0.3 is 0 Å². The summed E-state index contributed by atoms with van der Waals surface area (Å²) >= 11 is 0. The number of hydrogen-bond acceptors (Lipinski definition) is 2. The van der Waals surface area contributed by atoms with Gasteiger partial charge in [-0.05, 0) is 43.0 Å². The number of nitrogens with one attached hydrogen (secondary N) is 1. The van der Waals surface area contributed by atoms with Crippen LogP contribution in [0.15, 0.2) is 24.5 Å². The fraction of sp³-hybridized carbons (Fsp3) is 0.722. The van der Waals surface area contributed by atoms with Gasteiger partial charge in [0.2, 0.25) is 0 Å². The fourth-order valence-corrected chi connectivity index (χ4v) is 2.73. The van der Waals surface area contributed by atoms with Crippen LogP contribution in [0.1, 0.15) is 77.2 Å². The molecule has 0 fully saturated rings. The van der Waals surface area contributed by atoms with Gasteiger partial charge in [-0.2, -0.15) is 0 Å². The van der Waals surface area contributed by atoms with Gasteiger partial charge in [0, 0.05) is 18.4 Å². The first-order chi connectivity index (χ1) is 9.79. The van der Waals surface area contributed by atoms with Crippen molar-refractivity contribution in [3.8, 4) is 0 Å². The van der Waals surface area contributed by atoms with Crippen LogP contribution in [0.25, 0.3) is 0 Å². The molecule has 2 nitrogen and oxygen atoms in total. The lowest BCUT2D eigenvalue weighted by molar-refractivity contribution is 0.406. The molecule has 0 radical (unpaired) electrons. The molecule has 20 heavy (non-hydrogen) atoms. The molecular weight excluding hydrogens is 244 g/mol. The van der Waals surface area contributed by atoms with Crippen molar-refractivity contribution in [1.82, 2.24) is 10.3 Å². The first kappa shape index (κ1) is 17.2. The van der Waals surface area contributed by atoms with Crippen LogP contribution in [0.4, 0.5) is 0 Å². The molecule has 114 valence electrons. The standard InChI is InChI=1S/C18H32N2/c1-4-6-7-8-9-10-18(20-13-5-2)16(3)17-11-14-19-15-12-17/h11-12,14-16,18,20H,4-10,13H2,1-3H3. The molecule has 0 bridgehead atoms. The molecular formula is C18H32N2. The largest absolute Gasteiger partial charge is 0.313 e. The predicted octanol–water partition coefficient (Wildman–Crippen LogP) is 4.91. The highest BCUT2D eigenvalue weighted by atomic mass is 14.9. The summed E-state index contributed by atoms with van der Waals surface area (Å²) in [4.78, 5) is 4.12. The SMILES string of the molecule is CCCCCCCC(NCCC)C(C)c1ccncc1. The summed E-state index contributed by atoms with van der Waals surface area (Å²) in [6.45, 7) is 7.98. The number of nitrogens with zero attached hydrogens (tertiary/aromatic N) is 1. The van der Waals surface area contributed by atoms with Gasteiger partial charge in [-0.15, -0.1) is 0 Å². The number of aromatic nitrogens is 1. The van der Waals surface area contributed by atoms with Crippen LogP contribution in [0, 0.1) is 0 Å². The average molecular weight is 276 g/mol. The van der Waals surface area contributed by atoms with Crippen molar-refractivity contribution in [2.75, 3.05) is 6.54 Å². The van der Waals surface area contributed by atoms with E-state index < -0.39 is 0 Å². The Morgan fingerprint density at radius 3 is 2.35 bits per heavy atom. The molecule has 0 aliphatic heterocycles. The molecule has 2 unspecified atom stereocenters. The lowest BCUT2D eigenvalue weighted by Gasteiger charge is -2.25. The van der Waals surface area contributed by atoms with Gasteiger partial charge in [-0.25, -0.2) is 0 Å². The summed E-state index contributed by atoms with van der Waals surface area (Å²) in [7, 11) is 0. The van der Waals surface area contributed by atoms with E-state index in [2.05, 4.69) is 43.2 Å². The van der Waals surface area contributed by atoms with Gasteiger partial charge in [-0.1, -0.05) is 52.9 Å². The molecule has 0 aromatic carbocycles. The third-order valence-corrected chi connectivity index (χ3v) is 4.11. The summed E-state index contributed by atoms with van der Waals surface area (Å²) in [5, 5.41) is 3.74. The first-order valence-corrected chi connectivity index (χ1v) is 8.42. The smallest absolute Gasteiger partial charge is 0.0270 e. The second-order valence-electron chi connectivity index (χ2n) is 5.83. The molecule has 0 spiro atoms. The maximum atomic E-state index is 4.12. The molecule has 1 aromatic heterocycles. The van der Waals surface area contributed by atoms with Gasteiger partial charge in [0.15, 0.2) is 0 Å². The van der Waals surface area contributed by atoms with E-state index >= 15 is 0 Å². The van der Waals surface area contributed by atoms with Crippen LogP contribution < -0.4 is 5.32 Å². The zero-order valence-corrected chi connectivity index (χ0v) is 13.6. The number of hydrogen-bond donors (Lipinski definition) is 1. The van der Waals surface area contributed by atoms with E-state index in [0.717, 1.165) is 6.54 Å². The maximum absolute atomic E-state index is 4.12. The third-order valence-electron chi connectivity index (χ3n) is 4.11. The van der Waals surface area contributed by atoms with E-state index in [-0.39, 0.29) is 0 Å². The zero-order chi connectivity index (χ0) is 14.6. The normalized spacial score (nSPS) is 14.2. The number of rotatable bonds is 11. The minimum absolute atomic E-state index is 0.565. The van der Waals surface area contributed by atoms with Crippen molar-refractivity contribution in [2.24, 2.45) is 0 Å². The Kier molecular flexibility index (Phi) is 9.31. The lowest BCUT2D eigenvalue weighted by Crippen LogP contribution is -2.34. The van der Waals surface area contributed by atoms with Crippen molar-refractivity contribution in [3.05, 3.63) is 30.1 Å². The lowest BCUT2D eigenvalue weighted by atomic mass is 9.90. The first-order valence-electron chi connectivity index (χ1n) is 8.42. The third kappa shape index (κ3) is 6.51. The Bertz CT molecular complexity index is 323. The van der Waals surface area contributed by atoms with Crippen molar-refractivity contribution >= 4 is 0 Å². The molecule has 2 heteroatoms. The quantitative estimate of drug-likeness (QED) is 0.581. The van der Waals surface area contributed by atoms with Crippen molar-refractivity contribution in [3.63, 3.8) is 0 Å². The van der Waals surface area contributed by atoms with Crippen LogP contribution in [-0.2, 0) is 0 Å². The Balaban J connectivity index is 2.46. The molecule has 0 saturated heterocycles. The van der Waals surface area contributed by atoms with Crippen LogP contribution in [0.3, 0.4) is 0 Å². The highest BCUT2D eigenvalue weighted by Crippen LogP contribution is 2.22. The summed E-state index contributed by atoms with van der Waals surface area (Å²) in [6.07, 6.45) is 13.1. The predicted molar refractivity (Wildman–Crippen MR) is 88.1 cm³/mol. The molecule has 0 amide bonds. The second kappa shape index (κ2) is 10.8. The average Bonchev–Trinajstić information content (AvgIpc) is 2.50. The Hall–Kier alpha value is -0.890. The Labute approximate surface area is 125 Å². The molecule has 0 aliphatic rings. The van der Waals surface area contributed by atoms with E-state index in [1.54, 1.807) is 0 Å². The maximum Gasteiger partial charge on any atom is 0.0270 e. The fourth-order valence-electron chi connectivity index (χ4n) is 2.73. The summed E-state index contributed by atoms with van der Waals surface area (Å²) in [5.41, 5.74) is 1.40. The molecule has 0 saturated carbocycles. The Morgan fingerprint density at radius 2 is 1.70 bits per heavy atom. The molecule has 1 heterocycles. The summed E-state index contributed by atoms with van der Waals surface area (Å²) in [5.74, 6) is 0.565. The minimum Gasteiger partial charge on any atom is -0.313 e. The van der Waals surface area contributed by atoms with Gasteiger partial charge in [-0.3, -0.25) is 4.98 Å². The summed E-state index contributed by atoms with van der Waals surface area (Å²) in [6, 6.07) is 4.91. The van der Waals surface area contributed by atoms with Crippen molar-refractivity contribution in [2.45, 2.75) is 77.7 Å². The highest BCUT2D eigenvalue weighted by Gasteiger charge is 2.17. The zero-order valence-electron chi connectivity index (χ0n) is 13.6. The van der Waals surface area contributed by atoms with Gasteiger partial charge in [0.05, 0.1) is 0 Å². The van der Waals surface area contributed by atoms with Crippen LogP contribution in [-0.4, -0.2) is 17.6 Å². The van der Waals surface area contributed by atoms with E-state index in [1.165, 1.54) is 50.5 Å². The number of pyridine rings is 1. The van der Waals surface area contributed by atoms with Gasteiger partial charge in [0.25, 0.3) is 0 Å². The molecule has 2 atom stereocenters. The van der Waals surface area contributed by atoms with Crippen LogP contribution in [0.5, 0.6) is 0 Å². The van der Waals surface area contributed by atoms with E-state index in [4.69, 9.17) is 0 Å². The van der Waals surface area contributed by atoms with Crippen LogP contribution >= 0.6 is 0 Å². The summed E-state index contributed by atoms with van der Waals surface area (Å²) < 4.78 is 0. The minimum atomic E-state index is 0.565. The second-order valence-corrected chi connectivity index (χ2v) is 5.83. The van der Waals surface area contributed by atoms with E-state index in [9.17, 15) is 0 Å². The van der Waals surface area contributed by atoms with E-state index in [0.29, 0.717) is 12.0 Å². The van der Waals surface area contributed by atoms with Crippen LogP contribution in [0.2, 0.25) is 0 Å². The molecule has 0 aliphatic carbocycles.